The molecule has 5 aromatic rings. The van der Waals surface area contributed by atoms with Gasteiger partial charge in [-0.25, -0.2) is 4.79 Å². The monoisotopic (exact) mass is 573 g/mol. The van der Waals surface area contributed by atoms with Gasteiger partial charge in [0.25, 0.3) is 5.91 Å². The molecule has 0 bridgehead atoms. The van der Waals surface area contributed by atoms with Gasteiger partial charge in [-0.15, -0.1) is 10.2 Å². The third-order valence-electron chi connectivity index (χ3n) is 7.40. The number of anilines is 1. The van der Waals surface area contributed by atoms with E-state index in [0.29, 0.717) is 40.0 Å². The van der Waals surface area contributed by atoms with E-state index in [1.807, 2.05) is 48.5 Å². The highest BCUT2D eigenvalue weighted by molar-refractivity contribution is 6.14. The highest BCUT2D eigenvalue weighted by Gasteiger charge is 2.19. The number of unbranched alkanes of at least 4 members (excludes halogenated alkanes) is 5. The average Bonchev–Trinajstić information content (AvgIpc) is 3.04. The van der Waals surface area contributed by atoms with Crippen LogP contribution in [0.2, 0.25) is 0 Å². The van der Waals surface area contributed by atoms with E-state index < -0.39 is 11.9 Å². The molecule has 0 aromatic heterocycles. The zero-order valence-corrected chi connectivity index (χ0v) is 24.3. The van der Waals surface area contributed by atoms with Gasteiger partial charge in [0, 0.05) is 21.8 Å². The molecule has 7 heteroatoms. The predicted octanol–water partition coefficient (Wildman–Crippen LogP) is 9.88. The summed E-state index contributed by atoms with van der Waals surface area (Å²) < 4.78 is 5.52. The van der Waals surface area contributed by atoms with Gasteiger partial charge in [-0.3, -0.25) is 4.79 Å². The molecule has 0 atom stereocenters. The first kappa shape index (κ1) is 29.5. The van der Waals surface area contributed by atoms with Gasteiger partial charge in [0.05, 0.1) is 23.4 Å². The summed E-state index contributed by atoms with van der Waals surface area (Å²) in [4.78, 5) is 26.4. The van der Waals surface area contributed by atoms with Crippen LogP contribution in [0.1, 0.15) is 66.2 Å². The fourth-order valence-corrected chi connectivity index (χ4v) is 5.09. The van der Waals surface area contributed by atoms with Gasteiger partial charge in [-0.1, -0.05) is 112 Å². The third kappa shape index (κ3) is 7.07. The van der Waals surface area contributed by atoms with Crippen LogP contribution in [0.15, 0.2) is 107 Å². The number of carbonyl (C=O) groups is 2. The van der Waals surface area contributed by atoms with Crippen molar-refractivity contribution in [2.75, 3.05) is 11.9 Å². The van der Waals surface area contributed by atoms with Crippen molar-refractivity contribution in [3.8, 4) is 5.75 Å². The van der Waals surface area contributed by atoms with E-state index >= 15 is 0 Å². The third-order valence-corrected chi connectivity index (χ3v) is 7.40. The van der Waals surface area contributed by atoms with E-state index in [4.69, 9.17) is 4.74 Å². The van der Waals surface area contributed by atoms with Crippen molar-refractivity contribution < 1.29 is 19.4 Å². The SMILES string of the molecule is CCCCCCCCOC(=O)c1ccccc1N=Nc1cc(C(=O)Nc2cccc3ccccc23)c(O)c2ccccc12. The Labute approximate surface area is 251 Å². The van der Waals surface area contributed by atoms with E-state index in [-0.39, 0.29) is 11.3 Å². The zero-order chi connectivity index (χ0) is 30.0. The molecule has 218 valence electrons. The van der Waals surface area contributed by atoms with Gasteiger partial charge >= 0.3 is 5.97 Å². The molecule has 0 aliphatic heterocycles. The summed E-state index contributed by atoms with van der Waals surface area (Å²) in [6.45, 7) is 2.54. The van der Waals surface area contributed by atoms with E-state index in [2.05, 4.69) is 22.5 Å². The molecule has 43 heavy (non-hydrogen) atoms. The highest BCUT2D eigenvalue weighted by Crippen LogP contribution is 2.38. The first-order valence-corrected chi connectivity index (χ1v) is 14.8. The van der Waals surface area contributed by atoms with Crippen molar-refractivity contribution in [2.45, 2.75) is 45.4 Å². The summed E-state index contributed by atoms with van der Waals surface area (Å²) in [6.07, 6.45) is 6.61. The van der Waals surface area contributed by atoms with Crippen molar-refractivity contribution in [3.05, 3.63) is 108 Å². The number of azo groups is 1. The predicted molar refractivity (Wildman–Crippen MR) is 172 cm³/mol. The second kappa shape index (κ2) is 14.2. The van der Waals surface area contributed by atoms with E-state index in [1.54, 1.807) is 42.5 Å². The number of hydrogen-bond donors (Lipinski definition) is 2. The Balaban J connectivity index is 1.39. The summed E-state index contributed by atoms with van der Waals surface area (Å²) in [5.41, 5.74) is 1.75. The lowest BCUT2D eigenvalue weighted by Gasteiger charge is -2.12. The van der Waals surface area contributed by atoms with Crippen molar-refractivity contribution in [2.24, 2.45) is 10.2 Å². The van der Waals surface area contributed by atoms with Gasteiger partial charge < -0.3 is 15.2 Å². The molecule has 0 heterocycles. The molecule has 0 saturated carbocycles. The number of fused-ring (bicyclic) bond motifs is 2. The lowest BCUT2D eigenvalue weighted by molar-refractivity contribution is 0.0498. The van der Waals surface area contributed by atoms with Crippen LogP contribution in [-0.4, -0.2) is 23.6 Å². The smallest absolute Gasteiger partial charge is 0.340 e. The molecule has 0 aliphatic carbocycles. The summed E-state index contributed by atoms with van der Waals surface area (Å²) >= 11 is 0. The Hall–Kier alpha value is -5.04. The zero-order valence-electron chi connectivity index (χ0n) is 24.3. The number of esters is 1. The molecule has 0 unspecified atom stereocenters. The van der Waals surface area contributed by atoms with E-state index in [1.165, 1.54) is 25.3 Å². The molecule has 5 aromatic carbocycles. The molecule has 0 saturated heterocycles. The number of benzene rings is 5. The molecule has 2 N–H and O–H groups in total. The molecular formula is C36H35N3O4. The number of amides is 1. The molecule has 0 fully saturated rings. The van der Waals surface area contributed by atoms with Gasteiger partial charge in [0.1, 0.15) is 11.4 Å². The van der Waals surface area contributed by atoms with E-state index in [9.17, 15) is 14.7 Å². The molecule has 0 spiro atoms. The second-order valence-electron chi connectivity index (χ2n) is 10.4. The lowest BCUT2D eigenvalue weighted by atomic mass is 10.0. The molecule has 0 radical (unpaired) electrons. The van der Waals surface area contributed by atoms with Gasteiger partial charge in [0.2, 0.25) is 0 Å². The largest absolute Gasteiger partial charge is 0.506 e. The fraction of sp³-hybridized carbons (Fsp3) is 0.222. The Bertz CT molecular complexity index is 1770. The Kier molecular flexibility index (Phi) is 9.74. The molecular weight excluding hydrogens is 538 g/mol. The van der Waals surface area contributed by atoms with Crippen molar-refractivity contribution in [1.29, 1.82) is 0 Å². The number of phenolic OH excluding ortho intramolecular Hbond substituents is 1. The van der Waals surface area contributed by atoms with Crippen molar-refractivity contribution >= 4 is 50.5 Å². The standard InChI is InChI=1S/C36H35N3O4/c1-2-3-4-5-6-13-23-43-36(42)29-20-11-12-21-32(29)38-39-33-24-30(34(40)28-19-10-9-18-27(28)33)35(41)37-31-22-14-16-25-15-7-8-17-26(25)31/h7-12,14-22,24,40H,2-6,13,23H2,1H3,(H,37,41). The number of rotatable bonds is 12. The maximum atomic E-state index is 13.5. The number of carbonyl (C=O) groups excluding carboxylic acids is 2. The maximum Gasteiger partial charge on any atom is 0.340 e. The van der Waals surface area contributed by atoms with Gasteiger partial charge in [-0.05, 0) is 36.1 Å². The minimum atomic E-state index is -0.477. The van der Waals surface area contributed by atoms with Crippen LogP contribution in [0.25, 0.3) is 21.5 Å². The number of aromatic hydroxyl groups is 1. The number of ether oxygens (including phenoxy) is 1. The fourth-order valence-electron chi connectivity index (χ4n) is 5.09. The summed E-state index contributed by atoms with van der Waals surface area (Å²) in [6, 6.07) is 29.0. The van der Waals surface area contributed by atoms with Crippen LogP contribution in [0.4, 0.5) is 17.1 Å². The number of nitrogens with one attached hydrogen (secondary N) is 1. The maximum absolute atomic E-state index is 13.5. The Morgan fingerprint density at radius 3 is 2.19 bits per heavy atom. The Morgan fingerprint density at radius 2 is 1.35 bits per heavy atom. The summed E-state index contributed by atoms with van der Waals surface area (Å²) in [7, 11) is 0. The van der Waals surface area contributed by atoms with E-state index in [0.717, 1.165) is 30.0 Å². The minimum absolute atomic E-state index is 0.0622. The van der Waals surface area contributed by atoms with Gasteiger partial charge in [0.15, 0.2) is 0 Å². The van der Waals surface area contributed by atoms with Crippen molar-refractivity contribution in [3.63, 3.8) is 0 Å². The van der Waals surface area contributed by atoms with Crippen molar-refractivity contribution in [1.82, 2.24) is 0 Å². The number of hydrogen-bond acceptors (Lipinski definition) is 6. The quantitative estimate of drug-likeness (QED) is 0.0881. The van der Waals surface area contributed by atoms with Gasteiger partial charge in [-0.2, -0.15) is 0 Å². The number of nitrogens with zero attached hydrogens (tertiary/aromatic N) is 2. The summed E-state index contributed by atoms with van der Waals surface area (Å²) in [5.74, 6) is -1.07. The molecule has 7 nitrogen and oxygen atoms in total. The first-order valence-electron chi connectivity index (χ1n) is 14.8. The molecule has 1 amide bonds. The highest BCUT2D eigenvalue weighted by atomic mass is 16.5. The average molecular weight is 574 g/mol. The second-order valence-corrected chi connectivity index (χ2v) is 10.4. The lowest BCUT2D eigenvalue weighted by Crippen LogP contribution is -2.12. The van der Waals surface area contributed by atoms with Crippen LogP contribution in [0.5, 0.6) is 5.75 Å². The minimum Gasteiger partial charge on any atom is -0.506 e. The first-order chi connectivity index (χ1) is 21.1. The van der Waals surface area contributed by atoms with Crippen LogP contribution in [0, 0.1) is 0 Å². The van der Waals surface area contributed by atoms with Crippen LogP contribution >= 0.6 is 0 Å². The van der Waals surface area contributed by atoms with Crippen LogP contribution < -0.4 is 5.32 Å². The Morgan fingerprint density at radius 1 is 0.698 bits per heavy atom. The molecule has 0 aliphatic rings. The normalized spacial score (nSPS) is 11.3. The number of phenols is 1. The molecule has 5 rings (SSSR count). The van der Waals surface area contributed by atoms with Crippen LogP contribution in [-0.2, 0) is 4.74 Å². The topological polar surface area (TPSA) is 100 Å². The van der Waals surface area contributed by atoms with Crippen LogP contribution in [0.3, 0.4) is 0 Å². The summed E-state index contributed by atoms with van der Waals surface area (Å²) in [5, 5.41) is 25.8.